The highest BCUT2D eigenvalue weighted by molar-refractivity contribution is 6.20. The molecule has 1 aliphatic heterocycles. The highest BCUT2D eigenvalue weighted by atomic mass is 35.5. The SMILES string of the molecule is COc1c(C(C)Cl)cc(C)c(C#N)c1C1CN(C(=O)O)C1. The van der Waals surface area contributed by atoms with Gasteiger partial charge in [-0.1, -0.05) is 0 Å². The largest absolute Gasteiger partial charge is 0.496 e. The van der Waals surface area contributed by atoms with Gasteiger partial charge in [0.25, 0.3) is 0 Å². The van der Waals surface area contributed by atoms with E-state index in [-0.39, 0.29) is 11.3 Å². The zero-order valence-corrected chi connectivity index (χ0v) is 12.9. The Kier molecular flexibility index (Phi) is 4.29. The molecule has 1 aromatic carbocycles. The van der Waals surface area contributed by atoms with Crippen molar-refractivity contribution in [3.63, 3.8) is 0 Å². The molecule has 1 N–H and O–H groups in total. The Morgan fingerprint density at radius 1 is 1.62 bits per heavy atom. The van der Waals surface area contributed by atoms with Crippen LogP contribution in [0.15, 0.2) is 6.07 Å². The molecule has 1 heterocycles. The third-order valence-electron chi connectivity index (χ3n) is 3.85. The fraction of sp³-hybridized carbons (Fsp3) is 0.467. The second kappa shape index (κ2) is 5.82. The molecular formula is C15H17ClN2O3. The Hall–Kier alpha value is -1.93. The van der Waals surface area contributed by atoms with Gasteiger partial charge in [0.15, 0.2) is 0 Å². The summed E-state index contributed by atoms with van der Waals surface area (Å²) in [5, 5.41) is 18.1. The average molecular weight is 309 g/mol. The van der Waals surface area contributed by atoms with Gasteiger partial charge < -0.3 is 14.7 Å². The van der Waals surface area contributed by atoms with Crippen LogP contribution in [0.25, 0.3) is 0 Å². The molecule has 1 atom stereocenters. The molecule has 2 rings (SSSR count). The number of halogens is 1. The number of carboxylic acid groups (broad SMARTS) is 1. The number of carbonyl (C=O) groups is 1. The lowest BCUT2D eigenvalue weighted by Crippen LogP contribution is -2.48. The van der Waals surface area contributed by atoms with Crippen LogP contribution >= 0.6 is 11.6 Å². The van der Waals surface area contributed by atoms with E-state index >= 15 is 0 Å². The number of likely N-dealkylation sites (tertiary alicyclic amines) is 1. The van der Waals surface area contributed by atoms with Crippen molar-refractivity contribution in [2.45, 2.75) is 25.1 Å². The van der Waals surface area contributed by atoms with Crippen LogP contribution in [-0.2, 0) is 0 Å². The quantitative estimate of drug-likeness (QED) is 0.870. The van der Waals surface area contributed by atoms with Crippen LogP contribution in [0.2, 0.25) is 0 Å². The molecule has 0 bridgehead atoms. The van der Waals surface area contributed by atoms with Gasteiger partial charge in [0, 0.05) is 30.1 Å². The number of nitriles is 1. The van der Waals surface area contributed by atoms with Crippen LogP contribution < -0.4 is 4.74 Å². The summed E-state index contributed by atoms with van der Waals surface area (Å²) < 4.78 is 5.49. The van der Waals surface area contributed by atoms with E-state index in [0.29, 0.717) is 24.4 Å². The van der Waals surface area contributed by atoms with Crippen molar-refractivity contribution in [1.82, 2.24) is 4.90 Å². The number of aryl methyl sites for hydroxylation is 1. The second-order valence-corrected chi connectivity index (χ2v) is 5.87. The first kappa shape index (κ1) is 15.5. The minimum absolute atomic E-state index is 0.0280. The molecule has 21 heavy (non-hydrogen) atoms. The molecule has 0 aliphatic carbocycles. The summed E-state index contributed by atoms with van der Waals surface area (Å²) in [5.41, 5.74) is 3.01. The second-order valence-electron chi connectivity index (χ2n) is 5.22. The number of ether oxygens (including phenoxy) is 1. The van der Waals surface area contributed by atoms with Gasteiger partial charge in [0.05, 0.1) is 24.1 Å². The maximum Gasteiger partial charge on any atom is 0.407 e. The van der Waals surface area contributed by atoms with Crippen molar-refractivity contribution >= 4 is 17.7 Å². The number of amides is 1. The van der Waals surface area contributed by atoms with E-state index in [9.17, 15) is 10.1 Å². The van der Waals surface area contributed by atoms with E-state index in [4.69, 9.17) is 21.4 Å². The molecule has 0 radical (unpaired) electrons. The van der Waals surface area contributed by atoms with Crippen LogP contribution in [0.3, 0.4) is 0 Å². The topological polar surface area (TPSA) is 73.6 Å². The van der Waals surface area contributed by atoms with E-state index in [1.807, 2.05) is 19.9 Å². The molecule has 0 saturated carbocycles. The van der Waals surface area contributed by atoms with Crippen molar-refractivity contribution in [3.8, 4) is 11.8 Å². The molecule has 1 unspecified atom stereocenters. The van der Waals surface area contributed by atoms with Crippen LogP contribution in [0.5, 0.6) is 5.75 Å². The van der Waals surface area contributed by atoms with Crippen molar-refractivity contribution in [2.24, 2.45) is 0 Å². The third kappa shape index (κ3) is 2.64. The predicted molar refractivity (Wildman–Crippen MR) is 79.1 cm³/mol. The minimum Gasteiger partial charge on any atom is -0.496 e. The molecule has 0 aromatic heterocycles. The fourth-order valence-corrected chi connectivity index (χ4v) is 2.89. The lowest BCUT2D eigenvalue weighted by molar-refractivity contribution is 0.104. The highest BCUT2D eigenvalue weighted by Gasteiger charge is 2.36. The number of hydrogen-bond acceptors (Lipinski definition) is 3. The summed E-state index contributed by atoms with van der Waals surface area (Å²) in [4.78, 5) is 12.2. The number of nitrogens with zero attached hydrogens (tertiary/aromatic N) is 2. The molecule has 0 spiro atoms. The van der Waals surface area contributed by atoms with E-state index in [1.54, 1.807) is 7.11 Å². The lowest BCUT2D eigenvalue weighted by atomic mass is 9.84. The average Bonchev–Trinajstić information content (AvgIpc) is 2.36. The van der Waals surface area contributed by atoms with Crippen molar-refractivity contribution in [2.75, 3.05) is 20.2 Å². The standard InChI is InChI=1S/C15H17ClN2O3/c1-8-4-11(9(2)16)14(21-3)13(12(8)5-17)10-6-18(7-10)15(19)20/h4,9-10H,6-7H2,1-3H3,(H,19,20). The van der Waals surface area contributed by atoms with Crippen molar-refractivity contribution < 1.29 is 14.6 Å². The fourth-order valence-electron chi connectivity index (χ4n) is 2.73. The van der Waals surface area contributed by atoms with Gasteiger partial charge in [-0.15, -0.1) is 11.6 Å². The first-order chi connectivity index (χ1) is 9.90. The summed E-state index contributed by atoms with van der Waals surface area (Å²) in [5.74, 6) is 0.578. The Morgan fingerprint density at radius 3 is 2.67 bits per heavy atom. The predicted octanol–water partition coefficient (Wildman–Crippen LogP) is 3.25. The summed E-state index contributed by atoms with van der Waals surface area (Å²) in [6.45, 7) is 4.46. The van der Waals surface area contributed by atoms with Crippen LogP contribution in [0, 0.1) is 18.3 Å². The van der Waals surface area contributed by atoms with Crippen LogP contribution in [0.1, 0.15) is 40.5 Å². The van der Waals surface area contributed by atoms with Gasteiger partial charge in [0.2, 0.25) is 0 Å². The molecule has 6 heteroatoms. The van der Waals surface area contributed by atoms with E-state index in [2.05, 4.69) is 6.07 Å². The minimum atomic E-state index is -0.942. The summed E-state index contributed by atoms with van der Waals surface area (Å²) >= 11 is 6.20. The molecule has 5 nitrogen and oxygen atoms in total. The van der Waals surface area contributed by atoms with E-state index in [1.165, 1.54) is 4.90 Å². The molecular weight excluding hydrogens is 292 g/mol. The molecule has 1 aliphatic rings. The zero-order valence-electron chi connectivity index (χ0n) is 12.2. The van der Waals surface area contributed by atoms with Gasteiger partial charge >= 0.3 is 6.09 Å². The normalized spacial score (nSPS) is 16.0. The Labute approximate surface area is 128 Å². The summed E-state index contributed by atoms with van der Waals surface area (Å²) in [6.07, 6.45) is -0.942. The Morgan fingerprint density at radius 2 is 2.24 bits per heavy atom. The first-order valence-electron chi connectivity index (χ1n) is 6.64. The lowest BCUT2D eigenvalue weighted by Gasteiger charge is -2.39. The molecule has 1 amide bonds. The van der Waals surface area contributed by atoms with Gasteiger partial charge in [0.1, 0.15) is 5.75 Å². The maximum atomic E-state index is 10.9. The maximum absolute atomic E-state index is 10.9. The van der Waals surface area contributed by atoms with Gasteiger partial charge in [-0.25, -0.2) is 4.79 Å². The smallest absolute Gasteiger partial charge is 0.407 e. The van der Waals surface area contributed by atoms with Gasteiger partial charge in [-0.05, 0) is 25.5 Å². The number of benzene rings is 1. The number of hydrogen-bond donors (Lipinski definition) is 1. The monoisotopic (exact) mass is 308 g/mol. The van der Waals surface area contributed by atoms with E-state index < -0.39 is 6.09 Å². The third-order valence-corrected chi connectivity index (χ3v) is 4.08. The molecule has 1 aromatic rings. The van der Waals surface area contributed by atoms with E-state index in [0.717, 1.165) is 16.7 Å². The number of rotatable bonds is 3. The zero-order chi connectivity index (χ0) is 15.7. The van der Waals surface area contributed by atoms with Crippen LogP contribution in [-0.4, -0.2) is 36.3 Å². The molecule has 112 valence electrons. The van der Waals surface area contributed by atoms with Crippen molar-refractivity contribution in [3.05, 3.63) is 28.3 Å². The Bertz CT molecular complexity index is 616. The van der Waals surface area contributed by atoms with Crippen LogP contribution in [0.4, 0.5) is 4.79 Å². The molecule has 1 fully saturated rings. The first-order valence-corrected chi connectivity index (χ1v) is 7.07. The van der Waals surface area contributed by atoms with Crippen molar-refractivity contribution in [1.29, 1.82) is 5.26 Å². The summed E-state index contributed by atoms with van der Waals surface area (Å²) in [7, 11) is 1.55. The van der Waals surface area contributed by atoms with Gasteiger partial charge in [-0.3, -0.25) is 0 Å². The van der Waals surface area contributed by atoms with Gasteiger partial charge in [-0.2, -0.15) is 5.26 Å². The Balaban J connectivity index is 2.52. The summed E-state index contributed by atoms with van der Waals surface area (Å²) in [6, 6.07) is 4.08. The number of alkyl halides is 1. The highest BCUT2D eigenvalue weighted by Crippen LogP contribution is 2.42. The molecule has 1 saturated heterocycles. The number of methoxy groups -OCH3 is 1.